The Morgan fingerprint density at radius 2 is 1.73 bits per heavy atom. The summed E-state index contributed by atoms with van der Waals surface area (Å²) in [5.74, 6) is 0. The summed E-state index contributed by atoms with van der Waals surface area (Å²) in [5, 5.41) is 9.20. The summed E-state index contributed by atoms with van der Waals surface area (Å²) < 4.78 is 10.2. The third kappa shape index (κ3) is 4.31. The quantitative estimate of drug-likeness (QED) is 0.528. The van der Waals surface area contributed by atoms with E-state index in [1.165, 1.54) is 0 Å². The van der Waals surface area contributed by atoms with Gasteiger partial charge in [-0.05, 0) is 13.8 Å². The maximum Gasteiger partial charge on any atom is 0.184 e. The Bertz CT molecular complexity index is 83.8. The van der Waals surface area contributed by atoms with Crippen LogP contribution in [0.2, 0.25) is 0 Å². The molecule has 3 N–H and O–H groups in total. The number of aliphatic hydroxyl groups excluding tert-OH is 1. The summed E-state index contributed by atoms with van der Waals surface area (Å²) in [4.78, 5) is 0. The van der Waals surface area contributed by atoms with Gasteiger partial charge in [0.1, 0.15) is 6.10 Å². The fourth-order valence-electron chi connectivity index (χ4n) is 0.710. The average Bonchev–Trinajstić information content (AvgIpc) is 2.03. The van der Waals surface area contributed by atoms with E-state index in [1.54, 1.807) is 0 Å². The molecule has 0 bridgehead atoms. The largest absolute Gasteiger partial charge is 0.386 e. The van der Waals surface area contributed by atoms with Crippen molar-refractivity contribution in [3.63, 3.8) is 0 Å². The maximum atomic E-state index is 9.20. The van der Waals surface area contributed by atoms with Gasteiger partial charge in [0.05, 0.1) is 0 Å². The van der Waals surface area contributed by atoms with Crippen molar-refractivity contribution in [3.05, 3.63) is 0 Å². The van der Waals surface area contributed by atoms with E-state index in [-0.39, 0.29) is 6.54 Å². The van der Waals surface area contributed by atoms with Crippen molar-refractivity contribution >= 4 is 0 Å². The summed E-state index contributed by atoms with van der Waals surface area (Å²) in [6.07, 6.45) is -1.30. The lowest BCUT2D eigenvalue weighted by atomic mass is 10.3. The van der Waals surface area contributed by atoms with E-state index in [1.807, 2.05) is 13.8 Å². The molecule has 0 heterocycles. The molecule has 0 aromatic rings. The van der Waals surface area contributed by atoms with Gasteiger partial charge in [-0.25, -0.2) is 0 Å². The van der Waals surface area contributed by atoms with Crippen molar-refractivity contribution in [1.29, 1.82) is 0 Å². The van der Waals surface area contributed by atoms with Gasteiger partial charge in [-0.15, -0.1) is 0 Å². The normalized spacial score (nSPS) is 13.9. The molecule has 4 nitrogen and oxygen atoms in total. The molecule has 0 aliphatic carbocycles. The van der Waals surface area contributed by atoms with Crippen LogP contribution in [0.3, 0.4) is 0 Å². The van der Waals surface area contributed by atoms with Crippen LogP contribution in [0.1, 0.15) is 13.8 Å². The van der Waals surface area contributed by atoms with Gasteiger partial charge >= 0.3 is 0 Å². The van der Waals surface area contributed by atoms with E-state index in [4.69, 9.17) is 15.2 Å². The molecule has 0 aliphatic rings. The van der Waals surface area contributed by atoms with Crippen LogP contribution in [0.15, 0.2) is 0 Å². The van der Waals surface area contributed by atoms with Gasteiger partial charge in [0.2, 0.25) is 0 Å². The van der Waals surface area contributed by atoms with Crippen molar-refractivity contribution in [1.82, 2.24) is 0 Å². The smallest absolute Gasteiger partial charge is 0.184 e. The Hall–Kier alpha value is -0.160. The minimum absolute atomic E-state index is 0.157. The van der Waals surface area contributed by atoms with E-state index in [0.29, 0.717) is 13.2 Å². The standard InChI is InChI=1S/C7H17NO3/c1-3-10-7(11-4-2)6(9)5-8/h6-7,9H,3-5,8H2,1-2H3/t6-/m0/s1. The molecule has 4 heteroatoms. The van der Waals surface area contributed by atoms with Crippen molar-refractivity contribution < 1.29 is 14.6 Å². The van der Waals surface area contributed by atoms with Gasteiger partial charge in [-0.3, -0.25) is 0 Å². The van der Waals surface area contributed by atoms with E-state index >= 15 is 0 Å². The van der Waals surface area contributed by atoms with Gasteiger partial charge in [0.25, 0.3) is 0 Å². The molecule has 0 aromatic heterocycles. The van der Waals surface area contributed by atoms with Gasteiger partial charge in [-0.2, -0.15) is 0 Å². The molecule has 0 aliphatic heterocycles. The minimum Gasteiger partial charge on any atom is -0.386 e. The first kappa shape index (κ1) is 10.8. The molecular weight excluding hydrogens is 146 g/mol. The van der Waals surface area contributed by atoms with Crippen molar-refractivity contribution in [2.24, 2.45) is 5.73 Å². The van der Waals surface area contributed by atoms with Gasteiger partial charge in [0, 0.05) is 19.8 Å². The molecule has 0 unspecified atom stereocenters. The fourth-order valence-corrected chi connectivity index (χ4v) is 0.710. The second-order valence-electron chi connectivity index (χ2n) is 2.08. The van der Waals surface area contributed by atoms with Crippen LogP contribution in [0, 0.1) is 0 Å². The molecule has 68 valence electrons. The Balaban J connectivity index is 3.66. The monoisotopic (exact) mass is 163 g/mol. The first-order chi connectivity index (χ1) is 5.26. The van der Waals surface area contributed by atoms with Gasteiger partial charge in [-0.1, -0.05) is 0 Å². The first-order valence-electron chi connectivity index (χ1n) is 3.87. The lowest BCUT2D eigenvalue weighted by Gasteiger charge is -2.20. The highest BCUT2D eigenvalue weighted by Crippen LogP contribution is 2.00. The Morgan fingerprint density at radius 1 is 1.27 bits per heavy atom. The van der Waals surface area contributed by atoms with Crippen molar-refractivity contribution in [2.75, 3.05) is 19.8 Å². The molecular formula is C7H17NO3. The molecule has 0 saturated carbocycles. The molecule has 1 atom stereocenters. The number of nitrogens with two attached hydrogens (primary N) is 1. The van der Waals surface area contributed by atoms with E-state index in [0.717, 1.165) is 0 Å². The molecule has 0 amide bonds. The molecule has 0 rings (SSSR count). The van der Waals surface area contributed by atoms with Crippen molar-refractivity contribution in [2.45, 2.75) is 26.2 Å². The summed E-state index contributed by atoms with van der Waals surface area (Å²) in [5.41, 5.74) is 5.22. The third-order valence-electron chi connectivity index (χ3n) is 1.22. The van der Waals surface area contributed by atoms with Crippen LogP contribution in [-0.2, 0) is 9.47 Å². The topological polar surface area (TPSA) is 64.7 Å². The Labute approximate surface area is 67.3 Å². The van der Waals surface area contributed by atoms with E-state index in [2.05, 4.69) is 0 Å². The summed E-state index contributed by atoms with van der Waals surface area (Å²) in [6.45, 7) is 4.87. The molecule has 11 heavy (non-hydrogen) atoms. The lowest BCUT2D eigenvalue weighted by Crippen LogP contribution is -2.37. The van der Waals surface area contributed by atoms with Crippen LogP contribution in [0.5, 0.6) is 0 Å². The second-order valence-corrected chi connectivity index (χ2v) is 2.08. The van der Waals surface area contributed by atoms with Gasteiger partial charge < -0.3 is 20.3 Å². The van der Waals surface area contributed by atoms with Crippen LogP contribution >= 0.6 is 0 Å². The van der Waals surface area contributed by atoms with E-state index < -0.39 is 12.4 Å². The van der Waals surface area contributed by atoms with Gasteiger partial charge in [0.15, 0.2) is 6.29 Å². The number of rotatable bonds is 6. The average molecular weight is 163 g/mol. The lowest BCUT2D eigenvalue weighted by molar-refractivity contribution is -0.186. The van der Waals surface area contributed by atoms with Crippen LogP contribution < -0.4 is 5.73 Å². The predicted molar refractivity (Wildman–Crippen MR) is 42.1 cm³/mol. The number of aliphatic hydroxyl groups is 1. The first-order valence-corrected chi connectivity index (χ1v) is 3.87. The molecule has 0 aromatic carbocycles. The summed E-state index contributed by atoms with van der Waals surface area (Å²) >= 11 is 0. The highest BCUT2D eigenvalue weighted by molar-refractivity contribution is 4.59. The predicted octanol–water partition coefficient (Wildman–Crippen LogP) is -0.295. The van der Waals surface area contributed by atoms with E-state index in [9.17, 15) is 5.11 Å². The SMILES string of the molecule is CCOC(OCC)[C@@H](O)CN. The molecule has 0 radical (unpaired) electrons. The number of hydrogen-bond donors (Lipinski definition) is 2. The summed E-state index contributed by atoms with van der Waals surface area (Å²) in [7, 11) is 0. The number of ether oxygens (including phenoxy) is 2. The molecule has 0 fully saturated rings. The second kappa shape index (κ2) is 6.54. The van der Waals surface area contributed by atoms with Crippen LogP contribution in [0.25, 0.3) is 0 Å². The van der Waals surface area contributed by atoms with Crippen molar-refractivity contribution in [3.8, 4) is 0 Å². The maximum absolute atomic E-state index is 9.20. The zero-order valence-electron chi connectivity index (χ0n) is 7.12. The Kier molecular flexibility index (Phi) is 6.45. The molecule has 0 saturated heterocycles. The minimum atomic E-state index is -0.727. The zero-order chi connectivity index (χ0) is 8.69. The number of hydrogen-bond acceptors (Lipinski definition) is 4. The molecule has 0 spiro atoms. The summed E-state index contributed by atoms with van der Waals surface area (Å²) in [6, 6.07) is 0. The fraction of sp³-hybridized carbons (Fsp3) is 1.00. The Morgan fingerprint density at radius 3 is 2.00 bits per heavy atom. The zero-order valence-corrected chi connectivity index (χ0v) is 7.12. The third-order valence-corrected chi connectivity index (χ3v) is 1.22. The highest BCUT2D eigenvalue weighted by Gasteiger charge is 2.17. The van der Waals surface area contributed by atoms with Crippen LogP contribution in [-0.4, -0.2) is 37.3 Å². The van der Waals surface area contributed by atoms with Crippen LogP contribution in [0.4, 0.5) is 0 Å². The highest BCUT2D eigenvalue weighted by atomic mass is 16.7.